The molecule has 2 unspecified atom stereocenters. The van der Waals surface area contributed by atoms with E-state index in [2.05, 4.69) is 28.0 Å². The van der Waals surface area contributed by atoms with Gasteiger partial charge in [0.15, 0.2) is 0 Å². The molecule has 35 heavy (non-hydrogen) atoms. The minimum absolute atomic E-state index is 0. The summed E-state index contributed by atoms with van der Waals surface area (Å²) in [5.74, 6) is 0. The molecule has 0 aliphatic carbocycles. The first kappa shape index (κ1) is 25.3. The third kappa shape index (κ3) is 4.13. The summed E-state index contributed by atoms with van der Waals surface area (Å²) in [6, 6.07) is 12.3. The number of hydrogen-bond donors (Lipinski definition) is 1. The predicted octanol–water partition coefficient (Wildman–Crippen LogP) is 5.60. The summed E-state index contributed by atoms with van der Waals surface area (Å²) in [5, 5.41) is 4.92. The van der Waals surface area contributed by atoms with Gasteiger partial charge in [0.05, 0.1) is 22.5 Å². The highest BCUT2D eigenvalue weighted by atomic mass is 35.5. The average Bonchev–Trinajstić information content (AvgIpc) is 3.31. The molecule has 1 N–H and O–H groups in total. The predicted molar refractivity (Wildman–Crippen MR) is 134 cm³/mol. The standard InChI is InChI=1S/C25H21F3N4O.2ClH/c1-31-21-12-17(4-5-18(21)24-20-7-3-16(30-20)11-22(24)31)32-9-8-14(10-23(32)33)19-6-2-15(13-29-19)25(26,27)28;;/h2,4-6,8-10,12-13,16,20,30H,3,7,11H2,1H3;2*1H. The van der Waals surface area contributed by atoms with Gasteiger partial charge in [-0.1, -0.05) is 6.07 Å². The summed E-state index contributed by atoms with van der Waals surface area (Å²) in [6.07, 6.45) is 1.35. The molecule has 0 saturated carbocycles. The summed E-state index contributed by atoms with van der Waals surface area (Å²) in [7, 11) is 2.08. The number of halogens is 5. The van der Waals surface area contributed by atoms with Gasteiger partial charge in [-0.3, -0.25) is 14.3 Å². The lowest BCUT2D eigenvalue weighted by atomic mass is 9.99. The fourth-order valence-electron chi connectivity index (χ4n) is 5.32. The second kappa shape index (κ2) is 9.00. The monoisotopic (exact) mass is 522 g/mol. The molecule has 3 aromatic heterocycles. The van der Waals surface area contributed by atoms with Crippen molar-refractivity contribution in [3.05, 3.63) is 82.0 Å². The Morgan fingerprint density at radius 3 is 2.54 bits per heavy atom. The maximum atomic E-state index is 12.9. The van der Waals surface area contributed by atoms with Crippen molar-refractivity contribution in [2.45, 2.75) is 37.5 Å². The van der Waals surface area contributed by atoms with Gasteiger partial charge < -0.3 is 9.88 Å². The van der Waals surface area contributed by atoms with Crippen molar-refractivity contribution in [1.82, 2.24) is 19.4 Å². The Morgan fingerprint density at radius 1 is 1.06 bits per heavy atom. The first-order valence-corrected chi connectivity index (χ1v) is 10.9. The molecule has 6 rings (SSSR count). The number of nitrogens with zero attached hydrogens (tertiary/aromatic N) is 3. The highest BCUT2D eigenvalue weighted by Crippen LogP contribution is 2.41. The summed E-state index contributed by atoms with van der Waals surface area (Å²) < 4.78 is 42.1. The van der Waals surface area contributed by atoms with Crippen molar-refractivity contribution >= 4 is 35.7 Å². The first-order valence-electron chi connectivity index (χ1n) is 10.9. The number of pyridine rings is 2. The topological polar surface area (TPSA) is 51.9 Å². The van der Waals surface area contributed by atoms with E-state index >= 15 is 0 Å². The molecule has 0 amide bonds. The van der Waals surface area contributed by atoms with E-state index in [1.165, 1.54) is 35.2 Å². The van der Waals surface area contributed by atoms with Crippen LogP contribution in [-0.2, 0) is 19.6 Å². The van der Waals surface area contributed by atoms with Crippen molar-refractivity contribution in [1.29, 1.82) is 0 Å². The molecule has 1 fully saturated rings. The molecule has 0 spiro atoms. The van der Waals surface area contributed by atoms with Crippen LogP contribution in [0.1, 0.15) is 35.7 Å². The number of benzene rings is 1. The Morgan fingerprint density at radius 2 is 1.86 bits per heavy atom. The van der Waals surface area contributed by atoms with Gasteiger partial charge in [-0.15, -0.1) is 24.8 Å². The van der Waals surface area contributed by atoms with Crippen LogP contribution in [0.25, 0.3) is 27.8 Å². The molecular weight excluding hydrogens is 500 g/mol. The lowest BCUT2D eigenvalue weighted by molar-refractivity contribution is -0.137. The molecular formula is C25H23Cl2F3N4O. The van der Waals surface area contributed by atoms with E-state index in [1.54, 1.807) is 16.8 Å². The highest BCUT2D eigenvalue weighted by molar-refractivity contribution is 5.88. The molecule has 10 heteroatoms. The number of alkyl halides is 3. The van der Waals surface area contributed by atoms with Gasteiger partial charge >= 0.3 is 6.18 Å². The minimum Gasteiger partial charge on any atom is -0.347 e. The van der Waals surface area contributed by atoms with E-state index < -0.39 is 11.7 Å². The van der Waals surface area contributed by atoms with E-state index in [1.807, 2.05) is 12.1 Å². The molecule has 0 radical (unpaired) electrons. The summed E-state index contributed by atoms with van der Waals surface area (Å²) in [5.41, 5.74) is 4.29. The van der Waals surface area contributed by atoms with Crippen molar-refractivity contribution in [3.8, 4) is 16.9 Å². The normalized spacial score (nSPS) is 18.6. The molecule has 2 aliphatic rings. The Kier molecular flexibility index (Phi) is 6.51. The number of nitrogens with one attached hydrogen (secondary N) is 1. The van der Waals surface area contributed by atoms with Crippen LogP contribution < -0.4 is 10.9 Å². The maximum Gasteiger partial charge on any atom is 0.417 e. The Bertz CT molecular complexity index is 1460. The van der Waals surface area contributed by atoms with Crippen LogP contribution in [0.3, 0.4) is 0 Å². The largest absolute Gasteiger partial charge is 0.417 e. The Balaban J connectivity index is 0.00000144. The summed E-state index contributed by atoms with van der Waals surface area (Å²) in [4.78, 5) is 16.8. The lowest BCUT2D eigenvalue weighted by Gasteiger charge is -2.23. The molecule has 5 heterocycles. The minimum atomic E-state index is -4.45. The zero-order chi connectivity index (χ0) is 22.9. The van der Waals surface area contributed by atoms with Crippen LogP contribution in [0, 0.1) is 0 Å². The highest BCUT2D eigenvalue weighted by Gasteiger charge is 2.35. The van der Waals surface area contributed by atoms with Gasteiger partial charge in [-0.2, -0.15) is 13.2 Å². The van der Waals surface area contributed by atoms with Crippen molar-refractivity contribution < 1.29 is 13.2 Å². The number of aryl methyl sites for hydroxylation is 1. The number of rotatable bonds is 2. The van der Waals surface area contributed by atoms with E-state index in [0.29, 0.717) is 23.3 Å². The lowest BCUT2D eigenvalue weighted by Crippen LogP contribution is -2.32. The van der Waals surface area contributed by atoms with Crippen LogP contribution in [0.5, 0.6) is 0 Å². The molecule has 4 aromatic rings. The Labute approximate surface area is 211 Å². The second-order valence-corrected chi connectivity index (χ2v) is 8.87. The van der Waals surface area contributed by atoms with Gasteiger partial charge in [-0.25, -0.2) is 0 Å². The number of hydrogen-bond acceptors (Lipinski definition) is 3. The molecule has 2 bridgehead atoms. The Hall–Kier alpha value is -2.81. The van der Waals surface area contributed by atoms with Crippen molar-refractivity contribution in [3.63, 3.8) is 0 Å². The van der Waals surface area contributed by atoms with Gasteiger partial charge in [-0.05, 0) is 48.7 Å². The first-order chi connectivity index (χ1) is 15.8. The van der Waals surface area contributed by atoms with Crippen molar-refractivity contribution in [2.24, 2.45) is 7.05 Å². The molecule has 184 valence electrons. The van der Waals surface area contributed by atoms with Crippen LogP contribution >= 0.6 is 24.8 Å². The molecule has 5 nitrogen and oxygen atoms in total. The van der Waals surface area contributed by atoms with E-state index in [9.17, 15) is 18.0 Å². The van der Waals surface area contributed by atoms with Gasteiger partial charge in [0.1, 0.15) is 0 Å². The fourth-order valence-corrected chi connectivity index (χ4v) is 5.32. The average molecular weight is 523 g/mol. The molecule has 2 atom stereocenters. The zero-order valence-electron chi connectivity index (χ0n) is 18.7. The van der Waals surface area contributed by atoms with Gasteiger partial charge in [0, 0.05) is 60.7 Å². The fraction of sp³-hybridized carbons (Fsp3) is 0.280. The maximum absolute atomic E-state index is 12.9. The molecule has 2 aliphatic heterocycles. The van der Waals surface area contributed by atoms with Crippen LogP contribution in [-0.4, -0.2) is 20.2 Å². The van der Waals surface area contributed by atoms with Gasteiger partial charge in [0.2, 0.25) is 0 Å². The molecule has 1 aromatic carbocycles. The third-order valence-corrected chi connectivity index (χ3v) is 6.96. The third-order valence-electron chi connectivity index (χ3n) is 6.96. The quantitative estimate of drug-likeness (QED) is 0.372. The SMILES string of the molecule is Cl.Cl.Cn1c2c(c3ccc(-n4ccc(-c5ccc(C(F)(F)F)cn5)cc4=O)cc31)C1CCC(C2)N1. The van der Waals surface area contributed by atoms with Crippen molar-refractivity contribution in [2.75, 3.05) is 0 Å². The van der Waals surface area contributed by atoms with Crippen LogP contribution in [0.15, 0.2) is 59.7 Å². The summed E-state index contributed by atoms with van der Waals surface area (Å²) >= 11 is 0. The second-order valence-electron chi connectivity index (χ2n) is 8.87. The van der Waals surface area contributed by atoms with Gasteiger partial charge in [0.25, 0.3) is 5.56 Å². The molecule has 1 saturated heterocycles. The van der Waals surface area contributed by atoms with Crippen LogP contribution in [0.2, 0.25) is 0 Å². The van der Waals surface area contributed by atoms with E-state index in [0.717, 1.165) is 36.3 Å². The zero-order valence-corrected chi connectivity index (χ0v) is 20.3. The van der Waals surface area contributed by atoms with E-state index in [4.69, 9.17) is 0 Å². The number of aromatic nitrogens is 3. The smallest absolute Gasteiger partial charge is 0.347 e. The van der Waals surface area contributed by atoms with E-state index in [-0.39, 0.29) is 30.4 Å². The number of fused-ring (bicyclic) bond motifs is 6. The van der Waals surface area contributed by atoms with Crippen LogP contribution in [0.4, 0.5) is 13.2 Å². The summed E-state index contributed by atoms with van der Waals surface area (Å²) in [6.45, 7) is 0.